The molecule has 0 bridgehead atoms. The van der Waals surface area contributed by atoms with Gasteiger partial charge in [0.1, 0.15) is 10.6 Å². The molecule has 0 saturated heterocycles. The van der Waals surface area contributed by atoms with Crippen LogP contribution >= 0.6 is 23.8 Å². The Morgan fingerprint density at radius 2 is 1.67 bits per heavy atom. The lowest BCUT2D eigenvalue weighted by Crippen LogP contribution is -2.15. The number of halogens is 1. The molecule has 180 valence electrons. The van der Waals surface area contributed by atoms with Gasteiger partial charge in [-0.3, -0.25) is 4.40 Å². The van der Waals surface area contributed by atoms with Crippen molar-refractivity contribution in [1.82, 2.24) is 8.97 Å². The highest BCUT2D eigenvalue weighted by Crippen LogP contribution is 2.40. The third kappa shape index (κ3) is 3.85. The lowest BCUT2D eigenvalue weighted by molar-refractivity contribution is 0.647. The molecule has 0 radical (unpaired) electrons. The third-order valence-corrected chi connectivity index (χ3v) is 7.95. The summed E-state index contributed by atoms with van der Waals surface area (Å²) in [6.07, 6.45) is 5.59. The fourth-order valence-electron chi connectivity index (χ4n) is 5.44. The Balaban J connectivity index is 1.61. The molecule has 1 aliphatic rings. The molecule has 6 rings (SSSR count). The summed E-state index contributed by atoms with van der Waals surface area (Å²) in [5, 5.41) is 4.35. The standard InChI is InChI=1S/C31H28ClN3S/c1-20-9-8-13-26(21(20)2)33-30(36)29-28(23-10-4-3-5-11-23)25-12-6-7-18-34-27(19-35(29)31(25)34)22-14-16-24(32)17-15-22/h3-5,8-11,13-17,19H,6-7,12,18H2,1-2H3,(H,33,36). The quantitative estimate of drug-likeness (QED) is 0.245. The topological polar surface area (TPSA) is 21.4 Å². The highest BCUT2D eigenvalue weighted by Gasteiger charge is 2.28. The Kier molecular flexibility index (Phi) is 5.94. The zero-order chi connectivity index (χ0) is 24.8. The van der Waals surface area contributed by atoms with Crippen LogP contribution in [0, 0.1) is 13.8 Å². The molecule has 0 spiro atoms. The van der Waals surface area contributed by atoms with E-state index in [2.05, 4.69) is 95.0 Å². The van der Waals surface area contributed by atoms with Gasteiger partial charge >= 0.3 is 0 Å². The predicted octanol–water partition coefficient (Wildman–Crippen LogP) is 8.47. The maximum Gasteiger partial charge on any atom is 0.128 e. The van der Waals surface area contributed by atoms with Crippen LogP contribution in [0.15, 0.2) is 79.0 Å². The summed E-state index contributed by atoms with van der Waals surface area (Å²) in [6.45, 7) is 5.26. The van der Waals surface area contributed by atoms with Crippen LogP contribution in [0.2, 0.25) is 5.02 Å². The van der Waals surface area contributed by atoms with Gasteiger partial charge in [0.05, 0.1) is 11.4 Å². The van der Waals surface area contributed by atoms with Crippen molar-refractivity contribution in [3.8, 4) is 22.4 Å². The average Bonchev–Trinajstić information content (AvgIpc) is 3.30. The number of imidazole rings is 1. The minimum absolute atomic E-state index is 0.740. The molecule has 1 aliphatic heterocycles. The van der Waals surface area contributed by atoms with E-state index in [1.807, 2.05) is 12.1 Å². The molecule has 0 atom stereocenters. The van der Waals surface area contributed by atoms with Crippen molar-refractivity contribution in [2.75, 3.05) is 5.32 Å². The van der Waals surface area contributed by atoms with Crippen LogP contribution in [0.5, 0.6) is 0 Å². The van der Waals surface area contributed by atoms with E-state index in [0.717, 1.165) is 52.8 Å². The summed E-state index contributed by atoms with van der Waals surface area (Å²) in [6, 6.07) is 25.2. The molecule has 0 unspecified atom stereocenters. The monoisotopic (exact) mass is 509 g/mol. The number of hydrogen-bond donors (Lipinski definition) is 1. The van der Waals surface area contributed by atoms with Crippen molar-refractivity contribution in [2.45, 2.75) is 39.7 Å². The zero-order valence-corrected chi connectivity index (χ0v) is 22.1. The number of anilines is 1. The first-order chi connectivity index (χ1) is 17.5. The van der Waals surface area contributed by atoms with E-state index < -0.39 is 0 Å². The first-order valence-electron chi connectivity index (χ1n) is 12.5. The second-order valence-electron chi connectivity index (χ2n) is 9.59. The van der Waals surface area contributed by atoms with Crippen LogP contribution in [0.4, 0.5) is 5.69 Å². The maximum atomic E-state index is 6.21. The van der Waals surface area contributed by atoms with E-state index in [1.165, 1.54) is 39.2 Å². The number of thiocarbonyl (C=S) groups is 1. The molecule has 0 fully saturated rings. The first kappa shape index (κ1) is 23.1. The Bertz CT molecular complexity index is 1590. The highest BCUT2D eigenvalue weighted by molar-refractivity contribution is 7.81. The summed E-state index contributed by atoms with van der Waals surface area (Å²) >= 11 is 12.4. The van der Waals surface area contributed by atoms with Crippen LogP contribution in [-0.4, -0.2) is 14.0 Å². The van der Waals surface area contributed by atoms with Gasteiger partial charge in [0.15, 0.2) is 0 Å². The highest BCUT2D eigenvalue weighted by atomic mass is 35.5. The van der Waals surface area contributed by atoms with Crippen molar-refractivity contribution in [3.63, 3.8) is 0 Å². The van der Waals surface area contributed by atoms with E-state index in [9.17, 15) is 0 Å². The van der Waals surface area contributed by atoms with E-state index in [4.69, 9.17) is 23.8 Å². The Morgan fingerprint density at radius 3 is 2.44 bits per heavy atom. The molecular weight excluding hydrogens is 482 g/mol. The van der Waals surface area contributed by atoms with Gasteiger partial charge in [-0.25, -0.2) is 0 Å². The van der Waals surface area contributed by atoms with Crippen molar-refractivity contribution in [3.05, 3.63) is 106 Å². The van der Waals surface area contributed by atoms with E-state index >= 15 is 0 Å². The van der Waals surface area contributed by atoms with Gasteiger partial charge in [0, 0.05) is 34.6 Å². The largest absolute Gasteiger partial charge is 0.345 e. The molecule has 2 aromatic heterocycles. The third-order valence-electron chi connectivity index (χ3n) is 7.40. The molecule has 3 aromatic carbocycles. The fraction of sp³-hybridized carbons (Fsp3) is 0.194. The molecule has 0 aliphatic carbocycles. The van der Waals surface area contributed by atoms with Crippen LogP contribution in [-0.2, 0) is 13.0 Å². The molecule has 1 N–H and O–H groups in total. The summed E-state index contributed by atoms with van der Waals surface area (Å²) < 4.78 is 4.80. The number of aromatic nitrogens is 2. The fourth-order valence-corrected chi connectivity index (χ4v) is 5.88. The normalized spacial score (nSPS) is 13.1. The maximum absolute atomic E-state index is 6.21. The van der Waals surface area contributed by atoms with Gasteiger partial charge in [0.25, 0.3) is 0 Å². The van der Waals surface area contributed by atoms with Crippen molar-refractivity contribution in [2.24, 2.45) is 0 Å². The van der Waals surface area contributed by atoms with Crippen LogP contribution in [0.25, 0.3) is 28.0 Å². The van der Waals surface area contributed by atoms with E-state index in [0.29, 0.717) is 0 Å². The Labute approximate surface area is 222 Å². The van der Waals surface area contributed by atoms with Gasteiger partial charge in [0.2, 0.25) is 0 Å². The van der Waals surface area contributed by atoms with Gasteiger partial charge in [-0.15, -0.1) is 0 Å². The molecule has 0 saturated carbocycles. The zero-order valence-electron chi connectivity index (χ0n) is 20.5. The first-order valence-corrected chi connectivity index (χ1v) is 13.3. The number of aryl methyl sites for hydroxylation is 3. The van der Waals surface area contributed by atoms with Crippen LogP contribution in [0.1, 0.15) is 35.2 Å². The summed E-state index contributed by atoms with van der Waals surface area (Å²) in [5.74, 6) is 0. The SMILES string of the molecule is Cc1cccc(NC(=S)c2c(-c3ccccc3)c3c4n(c(-c5ccc(Cl)cc5)cn24)CCCC3)c1C. The lowest BCUT2D eigenvalue weighted by Gasteiger charge is -2.14. The van der Waals surface area contributed by atoms with Crippen molar-refractivity contribution < 1.29 is 0 Å². The molecule has 3 heterocycles. The Morgan fingerprint density at radius 1 is 0.889 bits per heavy atom. The van der Waals surface area contributed by atoms with Gasteiger partial charge in [-0.1, -0.05) is 78.4 Å². The Hall–Kier alpha value is -3.34. The van der Waals surface area contributed by atoms with Crippen molar-refractivity contribution >= 4 is 40.1 Å². The predicted molar refractivity (Wildman–Crippen MR) is 155 cm³/mol. The second-order valence-corrected chi connectivity index (χ2v) is 10.4. The molecule has 5 heteroatoms. The van der Waals surface area contributed by atoms with Gasteiger partial charge < -0.3 is 9.88 Å². The number of nitrogens with one attached hydrogen (secondary N) is 1. The summed E-state index contributed by atoms with van der Waals surface area (Å²) in [4.78, 5) is 0.740. The lowest BCUT2D eigenvalue weighted by atomic mass is 9.98. The molecule has 5 aromatic rings. The van der Waals surface area contributed by atoms with Crippen LogP contribution in [0.3, 0.4) is 0 Å². The number of nitrogens with zero attached hydrogens (tertiary/aromatic N) is 2. The number of hydrogen-bond acceptors (Lipinski definition) is 1. The van der Waals surface area contributed by atoms with Gasteiger partial charge in [-0.05, 0) is 73.6 Å². The van der Waals surface area contributed by atoms with E-state index in [1.54, 1.807) is 0 Å². The minimum atomic E-state index is 0.740. The van der Waals surface area contributed by atoms with Crippen molar-refractivity contribution in [1.29, 1.82) is 0 Å². The summed E-state index contributed by atoms with van der Waals surface area (Å²) in [5.41, 5.74) is 12.0. The number of rotatable bonds is 4. The minimum Gasteiger partial charge on any atom is -0.345 e. The average molecular weight is 510 g/mol. The summed E-state index contributed by atoms with van der Waals surface area (Å²) in [7, 11) is 0. The van der Waals surface area contributed by atoms with Crippen LogP contribution < -0.4 is 5.32 Å². The molecule has 0 amide bonds. The van der Waals surface area contributed by atoms with E-state index in [-0.39, 0.29) is 0 Å². The number of benzene rings is 3. The molecular formula is C31H28ClN3S. The molecule has 3 nitrogen and oxygen atoms in total. The van der Waals surface area contributed by atoms with Gasteiger partial charge in [-0.2, -0.15) is 0 Å². The second kappa shape index (κ2) is 9.27. The molecule has 36 heavy (non-hydrogen) atoms. The smallest absolute Gasteiger partial charge is 0.128 e.